The first kappa shape index (κ1) is 13.1. The molecule has 0 unspecified atom stereocenters. The van der Waals surface area contributed by atoms with E-state index in [4.69, 9.17) is 17.3 Å². The van der Waals surface area contributed by atoms with Gasteiger partial charge in [0.2, 0.25) is 0 Å². The molecule has 3 aromatic rings. The first-order valence-electron chi connectivity index (χ1n) is 5.85. The summed E-state index contributed by atoms with van der Waals surface area (Å²) >= 11 is 9.52. The maximum atomic E-state index is 6.14. The monoisotopic (exact) mass is 348 g/mol. The Morgan fingerprint density at radius 2 is 2.00 bits per heavy atom. The number of hydrogen-bond acceptors (Lipinski definition) is 3. The van der Waals surface area contributed by atoms with E-state index in [0.717, 1.165) is 21.4 Å². The Hall–Kier alpha value is -1.85. The van der Waals surface area contributed by atoms with Gasteiger partial charge in [0.1, 0.15) is 5.82 Å². The molecule has 0 radical (unpaired) electrons. The Morgan fingerprint density at radius 3 is 2.70 bits per heavy atom. The van der Waals surface area contributed by atoms with Crippen molar-refractivity contribution in [2.24, 2.45) is 0 Å². The molecule has 0 saturated carbocycles. The number of hydrogen-bond donors (Lipinski definition) is 1. The summed E-state index contributed by atoms with van der Waals surface area (Å²) in [6.07, 6.45) is 5.25. The minimum absolute atomic E-state index is 0.492. The van der Waals surface area contributed by atoms with Crippen LogP contribution in [0.2, 0.25) is 5.02 Å². The van der Waals surface area contributed by atoms with E-state index in [1.807, 2.05) is 28.8 Å². The Balaban J connectivity index is 2.10. The molecule has 0 aliphatic carbocycles. The van der Waals surface area contributed by atoms with Gasteiger partial charge in [0.25, 0.3) is 0 Å². The third-order valence-electron chi connectivity index (χ3n) is 2.90. The second kappa shape index (κ2) is 5.26. The van der Waals surface area contributed by atoms with Gasteiger partial charge in [0, 0.05) is 21.9 Å². The van der Waals surface area contributed by atoms with Gasteiger partial charge < -0.3 is 5.73 Å². The van der Waals surface area contributed by atoms with Gasteiger partial charge >= 0.3 is 0 Å². The predicted octanol–water partition coefficient (Wildman–Crippen LogP) is 3.93. The highest BCUT2D eigenvalue weighted by molar-refractivity contribution is 9.10. The van der Waals surface area contributed by atoms with Crippen LogP contribution in [0.5, 0.6) is 0 Å². The molecular formula is C14H10BrClN4. The molecule has 0 atom stereocenters. The summed E-state index contributed by atoms with van der Waals surface area (Å²) in [6, 6.07) is 9.42. The van der Waals surface area contributed by atoms with E-state index in [-0.39, 0.29) is 0 Å². The fourth-order valence-corrected chi connectivity index (χ4v) is 2.33. The maximum Gasteiger partial charge on any atom is 0.123 e. The second-order valence-electron chi connectivity index (χ2n) is 4.22. The number of anilines is 1. The molecule has 100 valence electrons. The highest BCUT2D eigenvalue weighted by Crippen LogP contribution is 2.28. The highest BCUT2D eigenvalue weighted by Gasteiger charge is 2.08. The van der Waals surface area contributed by atoms with Gasteiger partial charge in [-0.15, -0.1) is 0 Å². The minimum Gasteiger partial charge on any atom is -0.384 e. The molecule has 0 amide bonds. The van der Waals surface area contributed by atoms with Crippen molar-refractivity contribution in [3.8, 4) is 16.9 Å². The smallest absolute Gasteiger partial charge is 0.123 e. The van der Waals surface area contributed by atoms with Crippen LogP contribution in [-0.2, 0) is 0 Å². The van der Waals surface area contributed by atoms with Crippen LogP contribution in [-0.4, -0.2) is 14.5 Å². The minimum atomic E-state index is 0.492. The van der Waals surface area contributed by atoms with E-state index < -0.39 is 0 Å². The average molecular weight is 350 g/mol. The van der Waals surface area contributed by atoms with Crippen LogP contribution in [0.3, 0.4) is 0 Å². The molecule has 0 bridgehead atoms. The van der Waals surface area contributed by atoms with Crippen molar-refractivity contribution in [1.82, 2.24) is 14.5 Å². The fraction of sp³-hybridized carbons (Fsp3) is 0. The summed E-state index contributed by atoms with van der Waals surface area (Å²) in [5.74, 6) is 0.492. The van der Waals surface area contributed by atoms with E-state index in [1.54, 1.807) is 24.8 Å². The summed E-state index contributed by atoms with van der Waals surface area (Å²) < 4.78 is 2.81. The summed E-state index contributed by atoms with van der Waals surface area (Å²) in [7, 11) is 0. The van der Waals surface area contributed by atoms with Crippen LogP contribution in [0.15, 0.2) is 53.5 Å². The maximum absolute atomic E-state index is 6.14. The summed E-state index contributed by atoms with van der Waals surface area (Å²) in [5.41, 5.74) is 8.41. The normalized spacial score (nSPS) is 10.7. The quantitative estimate of drug-likeness (QED) is 0.762. The molecule has 2 N–H and O–H groups in total. The zero-order chi connectivity index (χ0) is 14.1. The first-order valence-corrected chi connectivity index (χ1v) is 7.02. The van der Waals surface area contributed by atoms with Crippen molar-refractivity contribution < 1.29 is 0 Å². The Bertz CT molecular complexity index is 752. The second-order valence-corrected chi connectivity index (χ2v) is 5.48. The van der Waals surface area contributed by atoms with Crippen LogP contribution in [0.1, 0.15) is 0 Å². The molecule has 6 heteroatoms. The van der Waals surface area contributed by atoms with E-state index in [0.29, 0.717) is 10.8 Å². The highest BCUT2D eigenvalue weighted by atomic mass is 79.9. The van der Waals surface area contributed by atoms with Crippen molar-refractivity contribution in [3.63, 3.8) is 0 Å². The molecule has 20 heavy (non-hydrogen) atoms. The van der Waals surface area contributed by atoms with Crippen molar-refractivity contribution >= 4 is 33.3 Å². The van der Waals surface area contributed by atoms with Gasteiger partial charge in [-0.1, -0.05) is 11.6 Å². The molecule has 0 fully saturated rings. The van der Waals surface area contributed by atoms with Crippen LogP contribution in [0, 0.1) is 0 Å². The molecule has 0 spiro atoms. The number of nitrogens with two attached hydrogens (primary N) is 1. The number of pyridine rings is 1. The predicted molar refractivity (Wildman–Crippen MR) is 83.9 cm³/mol. The molecule has 3 rings (SSSR count). The largest absolute Gasteiger partial charge is 0.384 e. The molecule has 0 aliphatic heterocycles. The van der Waals surface area contributed by atoms with E-state index in [2.05, 4.69) is 25.9 Å². The van der Waals surface area contributed by atoms with Gasteiger partial charge in [-0.25, -0.2) is 9.97 Å². The Kier molecular flexibility index (Phi) is 3.46. The number of nitrogens with zero attached hydrogens (tertiary/aromatic N) is 3. The van der Waals surface area contributed by atoms with E-state index in [9.17, 15) is 0 Å². The van der Waals surface area contributed by atoms with E-state index in [1.165, 1.54) is 0 Å². The molecule has 2 heterocycles. The SMILES string of the molecule is Nc1ccc(-c2cncn2-c2ccc(Br)c(Cl)c2)cn1. The Labute approximate surface area is 129 Å². The van der Waals surface area contributed by atoms with Crippen molar-refractivity contribution in [1.29, 1.82) is 0 Å². The molecule has 0 saturated heterocycles. The van der Waals surface area contributed by atoms with Crippen molar-refractivity contribution in [3.05, 3.63) is 58.5 Å². The summed E-state index contributed by atoms with van der Waals surface area (Å²) in [6.45, 7) is 0. The summed E-state index contributed by atoms with van der Waals surface area (Å²) in [4.78, 5) is 8.30. The van der Waals surface area contributed by atoms with Crippen LogP contribution in [0.25, 0.3) is 16.9 Å². The molecule has 1 aromatic carbocycles. The van der Waals surface area contributed by atoms with Crippen molar-refractivity contribution in [2.75, 3.05) is 5.73 Å². The number of nitrogen functional groups attached to an aromatic ring is 1. The van der Waals surface area contributed by atoms with Crippen molar-refractivity contribution in [2.45, 2.75) is 0 Å². The molecular weight excluding hydrogens is 340 g/mol. The topological polar surface area (TPSA) is 56.7 Å². The van der Waals surface area contributed by atoms with Crippen LogP contribution < -0.4 is 5.73 Å². The number of halogens is 2. The van der Waals surface area contributed by atoms with Gasteiger partial charge in [-0.05, 0) is 46.3 Å². The number of benzene rings is 1. The molecule has 4 nitrogen and oxygen atoms in total. The number of aromatic nitrogens is 3. The Morgan fingerprint density at radius 1 is 1.15 bits per heavy atom. The standard InChI is InChI=1S/C14H10BrClN4/c15-11-3-2-10(5-12(11)16)20-8-18-7-13(20)9-1-4-14(17)19-6-9/h1-8H,(H2,17,19). The third-order valence-corrected chi connectivity index (χ3v) is 4.13. The van der Waals surface area contributed by atoms with Gasteiger partial charge in [-0.2, -0.15) is 0 Å². The van der Waals surface area contributed by atoms with Crippen LogP contribution in [0.4, 0.5) is 5.82 Å². The molecule has 2 aromatic heterocycles. The number of imidazole rings is 1. The molecule has 0 aliphatic rings. The first-order chi connectivity index (χ1) is 9.65. The lowest BCUT2D eigenvalue weighted by molar-refractivity contribution is 1.06. The van der Waals surface area contributed by atoms with E-state index >= 15 is 0 Å². The fourth-order valence-electron chi connectivity index (χ4n) is 1.91. The zero-order valence-corrected chi connectivity index (χ0v) is 12.6. The van der Waals surface area contributed by atoms with Crippen LogP contribution >= 0.6 is 27.5 Å². The lowest BCUT2D eigenvalue weighted by Crippen LogP contribution is -1.96. The zero-order valence-electron chi connectivity index (χ0n) is 10.3. The van der Waals surface area contributed by atoms with Gasteiger partial charge in [-0.3, -0.25) is 4.57 Å². The van der Waals surface area contributed by atoms with Gasteiger partial charge in [0.05, 0.1) is 23.2 Å². The van der Waals surface area contributed by atoms with Gasteiger partial charge in [0.15, 0.2) is 0 Å². The lowest BCUT2D eigenvalue weighted by atomic mass is 10.2. The summed E-state index contributed by atoms with van der Waals surface area (Å²) in [5, 5.41) is 0.651. The third kappa shape index (κ3) is 2.42. The number of rotatable bonds is 2. The lowest BCUT2D eigenvalue weighted by Gasteiger charge is -2.09. The average Bonchev–Trinajstić information content (AvgIpc) is 2.92.